The smallest absolute Gasteiger partial charge is 0.277 e. The number of hydrogen-bond donors (Lipinski definition) is 2. The van der Waals surface area contributed by atoms with Crippen LogP contribution in [0.4, 0.5) is 0 Å². The van der Waals surface area contributed by atoms with Crippen LogP contribution in [-0.2, 0) is 10.1 Å². The van der Waals surface area contributed by atoms with Crippen LogP contribution in [0.2, 0.25) is 0 Å². The Hall–Kier alpha value is -1.07. The fraction of sp³-hybridized carbons (Fsp3) is 0.333. The van der Waals surface area contributed by atoms with E-state index in [1.54, 1.807) is 25.3 Å². The molecule has 5 heteroatoms. The van der Waals surface area contributed by atoms with Crippen molar-refractivity contribution in [2.75, 3.05) is 7.05 Å². The summed E-state index contributed by atoms with van der Waals surface area (Å²) in [6, 6.07) is 0. The fourth-order valence-corrected chi connectivity index (χ4v) is 1.54. The summed E-state index contributed by atoms with van der Waals surface area (Å²) in [4.78, 5) is 0. The highest BCUT2D eigenvalue weighted by Crippen LogP contribution is 2.22. The highest BCUT2D eigenvalue weighted by Gasteiger charge is 2.32. The van der Waals surface area contributed by atoms with Gasteiger partial charge in [-0.1, -0.05) is 18.2 Å². The van der Waals surface area contributed by atoms with Crippen LogP contribution in [0.1, 0.15) is 6.92 Å². The molecule has 0 aliphatic heterocycles. The van der Waals surface area contributed by atoms with Gasteiger partial charge in [-0.05, 0) is 19.1 Å². The molecular formula is C9H13NO3S. The minimum atomic E-state index is -4.12. The summed E-state index contributed by atoms with van der Waals surface area (Å²) in [6.07, 6.45) is 7.82. The van der Waals surface area contributed by atoms with Gasteiger partial charge in [-0.25, -0.2) is 0 Å². The molecule has 1 rings (SSSR count). The molecule has 0 spiro atoms. The standard InChI is InChI=1S/C9H13NO3S/c1-9(14(11,12)13)6-3-4-8(10-2)5-7-9/h3-7,10H,1-2H3,(H,11,12,13). The van der Waals surface area contributed by atoms with Gasteiger partial charge in [0, 0.05) is 12.7 Å². The molecule has 0 aromatic heterocycles. The van der Waals surface area contributed by atoms with Crippen molar-refractivity contribution in [3.8, 4) is 0 Å². The van der Waals surface area contributed by atoms with Crippen LogP contribution < -0.4 is 5.32 Å². The maximum absolute atomic E-state index is 11.1. The molecule has 0 bridgehead atoms. The maximum atomic E-state index is 11.1. The third kappa shape index (κ3) is 2.05. The first-order valence-electron chi connectivity index (χ1n) is 4.12. The Labute approximate surface area is 83.8 Å². The van der Waals surface area contributed by atoms with E-state index in [-0.39, 0.29) is 0 Å². The third-order valence-corrected chi connectivity index (χ3v) is 3.53. The summed E-state index contributed by atoms with van der Waals surface area (Å²) >= 11 is 0. The lowest BCUT2D eigenvalue weighted by molar-refractivity contribution is 0.466. The van der Waals surface area contributed by atoms with Crippen molar-refractivity contribution in [3.63, 3.8) is 0 Å². The average molecular weight is 215 g/mol. The van der Waals surface area contributed by atoms with Gasteiger partial charge in [0.05, 0.1) is 0 Å². The number of nitrogens with one attached hydrogen (secondary N) is 1. The van der Waals surface area contributed by atoms with Crippen molar-refractivity contribution in [1.82, 2.24) is 5.32 Å². The molecule has 0 fully saturated rings. The van der Waals surface area contributed by atoms with Gasteiger partial charge in [-0.15, -0.1) is 0 Å². The lowest BCUT2D eigenvalue weighted by atomic mass is 10.1. The quantitative estimate of drug-likeness (QED) is 0.670. The van der Waals surface area contributed by atoms with E-state index in [0.717, 1.165) is 5.70 Å². The van der Waals surface area contributed by atoms with E-state index in [4.69, 9.17) is 4.55 Å². The molecule has 2 N–H and O–H groups in total. The number of rotatable bonds is 2. The van der Waals surface area contributed by atoms with E-state index in [9.17, 15) is 8.42 Å². The lowest BCUT2D eigenvalue weighted by Crippen LogP contribution is -2.30. The van der Waals surface area contributed by atoms with Gasteiger partial charge in [0.2, 0.25) is 0 Å². The van der Waals surface area contributed by atoms with Crippen molar-refractivity contribution < 1.29 is 13.0 Å². The second-order valence-electron chi connectivity index (χ2n) is 3.22. The molecule has 0 aromatic rings. The van der Waals surface area contributed by atoms with Crippen molar-refractivity contribution in [2.24, 2.45) is 0 Å². The first kappa shape index (κ1) is 11.0. The van der Waals surface area contributed by atoms with E-state index in [0.29, 0.717) is 0 Å². The first-order valence-corrected chi connectivity index (χ1v) is 5.56. The molecule has 1 aliphatic rings. The molecule has 78 valence electrons. The van der Waals surface area contributed by atoms with Crippen LogP contribution in [-0.4, -0.2) is 24.8 Å². The maximum Gasteiger partial charge on any atom is 0.277 e. The molecule has 1 unspecified atom stereocenters. The summed E-state index contributed by atoms with van der Waals surface area (Å²) < 4.78 is 29.8. The first-order chi connectivity index (χ1) is 6.39. The van der Waals surface area contributed by atoms with Crippen molar-refractivity contribution in [2.45, 2.75) is 11.7 Å². The Bertz CT molecular complexity index is 406. The van der Waals surface area contributed by atoms with Gasteiger partial charge in [0.1, 0.15) is 4.75 Å². The monoisotopic (exact) mass is 215 g/mol. The van der Waals surface area contributed by atoms with Gasteiger partial charge in [-0.3, -0.25) is 4.55 Å². The normalized spacial score (nSPS) is 26.9. The SMILES string of the molecule is CNC1=CC=CC(C)(S(=O)(=O)O)C=C1. The average Bonchev–Trinajstić information content (AvgIpc) is 2.27. The predicted molar refractivity (Wildman–Crippen MR) is 55.4 cm³/mol. The van der Waals surface area contributed by atoms with Gasteiger partial charge in [-0.2, -0.15) is 8.42 Å². The Morgan fingerprint density at radius 1 is 1.43 bits per heavy atom. The molecular weight excluding hydrogens is 202 g/mol. The Morgan fingerprint density at radius 2 is 2.07 bits per heavy atom. The molecule has 0 saturated carbocycles. The molecule has 0 heterocycles. The lowest BCUT2D eigenvalue weighted by Gasteiger charge is -2.16. The molecule has 0 aromatic carbocycles. The second-order valence-corrected chi connectivity index (χ2v) is 5.05. The molecule has 0 radical (unpaired) electrons. The van der Waals surface area contributed by atoms with Gasteiger partial charge >= 0.3 is 0 Å². The summed E-state index contributed by atoms with van der Waals surface area (Å²) in [5.74, 6) is 0. The zero-order chi connectivity index (χ0) is 10.8. The molecule has 0 amide bonds. The van der Waals surface area contributed by atoms with Gasteiger partial charge < -0.3 is 5.32 Å². The Balaban J connectivity index is 3.12. The second kappa shape index (κ2) is 3.59. The van der Waals surface area contributed by atoms with Crippen molar-refractivity contribution >= 4 is 10.1 Å². The summed E-state index contributed by atoms with van der Waals surface area (Å²) in [7, 11) is -2.38. The molecule has 14 heavy (non-hydrogen) atoms. The summed E-state index contributed by atoms with van der Waals surface area (Å²) in [5, 5.41) is 2.88. The zero-order valence-corrected chi connectivity index (χ0v) is 8.88. The van der Waals surface area contributed by atoms with Crippen LogP contribution in [0.3, 0.4) is 0 Å². The highest BCUT2D eigenvalue weighted by atomic mass is 32.2. The topological polar surface area (TPSA) is 66.4 Å². The highest BCUT2D eigenvalue weighted by molar-refractivity contribution is 7.87. The number of likely N-dealkylation sites (N-methyl/N-ethyl adjacent to an activating group) is 1. The Kier molecular flexibility index (Phi) is 2.82. The van der Waals surface area contributed by atoms with E-state index in [1.165, 1.54) is 19.1 Å². The van der Waals surface area contributed by atoms with E-state index in [2.05, 4.69) is 5.32 Å². The fourth-order valence-electron chi connectivity index (χ4n) is 1.05. The minimum Gasteiger partial charge on any atom is -0.388 e. The Morgan fingerprint density at radius 3 is 2.57 bits per heavy atom. The molecule has 0 saturated heterocycles. The third-order valence-electron chi connectivity index (χ3n) is 2.14. The van der Waals surface area contributed by atoms with Gasteiger partial charge in [0.15, 0.2) is 0 Å². The van der Waals surface area contributed by atoms with E-state index >= 15 is 0 Å². The van der Waals surface area contributed by atoms with Crippen molar-refractivity contribution in [1.29, 1.82) is 0 Å². The zero-order valence-electron chi connectivity index (χ0n) is 8.06. The summed E-state index contributed by atoms with van der Waals surface area (Å²) in [6.45, 7) is 1.43. The molecule has 4 nitrogen and oxygen atoms in total. The minimum absolute atomic E-state index is 0.786. The van der Waals surface area contributed by atoms with E-state index in [1.807, 2.05) is 0 Å². The number of hydrogen-bond acceptors (Lipinski definition) is 3. The largest absolute Gasteiger partial charge is 0.388 e. The van der Waals surface area contributed by atoms with E-state index < -0.39 is 14.9 Å². The number of allylic oxidation sites excluding steroid dienone is 3. The molecule has 1 aliphatic carbocycles. The molecule has 1 atom stereocenters. The van der Waals surface area contributed by atoms with Crippen LogP contribution in [0.15, 0.2) is 36.1 Å². The van der Waals surface area contributed by atoms with Crippen LogP contribution >= 0.6 is 0 Å². The summed E-state index contributed by atoms with van der Waals surface area (Å²) in [5.41, 5.74) is 0.786. The van der Waals surface area contributed by atoms with Crippen LogP contribution in [0.5, 0.6) is 0 Å². The van der Waals surface area contributed by atoms with Gasteiger partial charge in [0.25, 0.3) is 10.1 Å². The van der Waals surface area contributed by atoms with Crippen molar-refractivity contribution in [3.05, 3.63) is 36.1 Å². The predicted octanol–water partition coefficient (Wildman–Crippen LogP) is 0.862. The van der Waals surface area contributed by atoms with Crippen LogP contribution in [0, 0.1) is 0 Å². The van der Waals surface area contributed by atoms with Crippen LogP contribution in [0.25, 0.3) is 0 Å².